The van der Waals surface area contributed by atoms with Gasteiger partial charge in [0.2, 0.25) is 10.0 Å². The number of aryl methyl sites for hydroxylation is 2. The van der Waals surface area contributed by atoms with Gasteiger partial charge in [-0.15, -0.1) is 0 Å². The third kappa shape index (κ3) is 3.72. The van der Waals surface area contributed by atoms with Gasteiger partial charge in [0.25, 0.3) is 0 Å². The Bertz CT molecular complexity index is 682. The first-order valence-electron chi connectivity index (χ1n) is 6.38. The molecule has 0 aliphatic heterocycles. The van der Waals surface area contributed by atoms with Gasteiger partial charge in [-0.2, -0.15) is 0 Å². The Morgan fingerprint density at radius 2 is 2.14 bits per heavy atom. The first-order chi connectivity index (χ1) is 9.71. The fourth-order valence-electron chi connectivity index (χ4n) is 2.03. The highest BCUT2D eigenvalue weighted by atomic mass is 32.2. The van der Waals surface area contributed by atoms with Crippen LogP contribution in [0.4, 0.5) is 0 Å². The number of hydrogen-bond donors (Lipinski definition) is 2. The van der Waals surface area contributed by atoms with Crippen LogP contribution >= 0.6 is 0 Å². The van der Waals surface area contributed by atoms with Crippen LogP contribution in [0.2, 0.25) is 0 Å². The molecule has 116 valence electrons. The van der Waals surface area contributed by atoms with Gasteiger partial charge in [0.1, 0.15) is 16.3 Å². The maximum Gasteiger partial charge on any atom is 0.246 e. The zero-order chi connectivity index (χ0) is 15.7. The minimum atomic E-state index is -3.79. The molecule has 2 rings (SSSR count). The summed E-state index contributed by atoms with van der Waals surface area (Å²) in [5, 5.41) is 13.9. The molecule has 0 aliphatic rings. The van der Waals surface area contributed by atoms with E-state index in [1.165, 1.54) is 20.1 Å². The standard InChI is InChI=1S/C13H18N2O5S/c1-9-12(10(2)20-15-9)21(17,18)14-8-13(3,16)7-11-5-4-6-19-11/h4-6,14,16H,7-8H2,1-3H3/t13-/m0/s1. The fourth-order valence-corrected chi connectivity index (χ4v) is 3.52. The molecule has 0 amide bonds. The summed E-state index contributed by atoms with van der Waals surface area (Å²) in [6, 6.07) is 3.43. The maximum absolute atomic E-state index is 12.2. The number of aromatic nitrogens is 1. The Labute approximate surface area is 123 Å². The van der Waals surface area contributed by atoms with E-state index in [0.717, 1.165) is 0 Å². The molecule has 0 fully saturated rings. The van der Waals surface area contributed by atoms with Crippen molar-refractivity contribution in [2.75, 3.05) is 6.54 Å². The molecule has 0 aliphatic carbocycles. The van der Waals surface area contributed by atoms with Crippen LogP contribution in [-0.2, 0) is 16.4 Å². The van der Waals surface area contributed by atoms with Gasteiger partial charge < -0.3 is 14.0 Å². The van der Waals surface area contributed by atoms with Crippen LogP contribution in [0.1, 0.15) is 24.1 Å². The normalized spacial score (nSPS) is 15.0. The topological polar surface area (TPSA) is 106 Å². The highest BCUT2D eigenvalue weighted by Gasteiger charge is 2.29. The molecule has 7 nitrogen and oxygen atoms in total. The van der Waals surface area contributed by atoms with Gasteiger partial charge in [-0.05, 0) is 32.9 Å². The molecule has 0 bridgehead atoms. The van der Waals surface area contributed by atoms with Gasteiger partial charge in [-0.3, -0.25) is 0 Å². The SMILES string of the molecule is Cc1noc(C)c1S(=O)(=O)NC[C@@](C)(O)Cc1ccco1. The second kappa shape index (κ2) is 5.63. The second-order valence-electron chi connectivity index (χ2n) is 5.23. The Hall–Kier alpha value is -1.64. The van der Waals surface area contributed by atoms with Gasteiger partial charge in [0.05, 0.1) is 11.9 Å². The van der Waals surface area contributed by atoms with Crippen molar-refractivity contribution < 1.29 is 22.5 Å². The van der Waals surface area contributed by atoms with Crippen LogP contribution in [0.15, 0.2) is 32.2 Å². The van der Waals surface area contributed by atoms with Crippen LogP contribution in [-0.4, -0.2) is 30.8 Å². The van der Waals surface area contributed by atoms with Gasteiger partial charge in [0.15, 0.2) is 5.76 Å². The molecule has 0 radical (unpaired) electrons. The number of nitrogens with one attached hydrogen (secondary N) is 1. The molecule has 0 spiro atoms. The summed E-state index contributed by atoms with van der Waals surface area (Å²) in [4.78, 5) is 0.0105. The minimum Gasteiger partial charge on any atom is -0.469 e. The van der Waals surface area contributed by atoms with Gasteiger partial charge in [-0.1, -0.05) is 5.16 Å². The summed E-state index contributed by atoms with van der Waals surface area (Å²) in [6.45, 7) is 4.45. The summed E-state index contributed by atoms with van der Waals surface area (Å²) in [6.07, 6.45) is 1.70. The van der Waals surface area contributed by atoms with E-state index in [1.54, 1.807) is 19.1 Å². The van der Waals surface area contributed by atoms with Crippen molar-refractivity contribution in [2.45, 2.75) is 37.7 Å². The number of rotatable bonds is 6. The predicted octanol–water partition coefficient (Wildman–Crippen LogP) is 1.16. The lowest BCUT2D eigenvalue weighted by molar-refractivity contribution is 0.0603. The van der Waals surface area contributed by atoms with Gasteiger partial charge in [0, 0.05) is 13.0 Å². The zero-order valence-corrected chi connectivity index (χ0v) is 12.9. The van der Waals surface area contributed by atoms with Gasteiger partial charge in [-0.25, -0.2) is 13.1 Å². The van der Waals surface area contributed by atoms with Crippen molar-refractivity contribution in [1.82, 2.24) is 9.88 Å². The van der Waals surface area contributed by atoms with E-state index in [9.17, 15) is 13.5 Å². The lowest BCUT2D eigenvalue weighted by atomic mass is 10.0. The molecule has 2 aromatic rings. The fraction of sp³-hybridized carbons (Fsp3) is 0.462. The van der Waals surface area contributed by atoms with E-state index in [1.807, 2.05) is 0 Å². The summed E-state index contributed by atoms with van der Waals surface area (Å²) < 4.78 is 36.9. The second-order valence-corrected chi connectivity index (χ2v) is 6.93. The third-order valence-electron chi connectivity index (χ3n) is 3.01. The Kier molecular flexibility index (Phi) is 4.22. The number of furan rings is 1. The number of aliphatic hydroxyl groups is 1. The van der Waals surface area contributed by atoms with E-state index in [4.69, 9.17) is 8.94 Å². The molecule has 2 N–H and O–H groups in total. The average Bonchev–Trinajstić information content (AvgIpc) is 2.97. The molecule has 2 heterocycles. The largest absolute Gasteiger partial charge is 0.469 e. The molecular formula is C13H18N2O5S. The monoisotopic (exact) mass is 314 g/mol. The van der Waals surface area contributed by atoms with Gasteiger partial charge >= 0.3 is 0 Å². The van der Waals surface area contributed by atoms with E-state index in [2.05, 4.69) is 9.88 Å². The minimum absolute atomic E-state index is 0.0105. The molecule has 21 heavy (non-hydrogen) atoms. The molecule has 2 aromatic heterocycles. The van der Waals surface area contributed by atoms with Crippen molar-refractivity contribution in [3.05, 3.63) is 35.6 Å². The zero-order valence-electron chi connectivity index (χ0n) is 12.1. The van der Waals surface area contributed by atoms with Crippen LogP contribution in [0.25, 0.3) is 0 Å². The van der Waals surface area contributed by atoms with E-state index < -0.39 is 15.6 Å². The Morgan fingerprint density at radius 1 is 1.43 bits per heavy atom. The van der Waals surface area contributed by atoms with E-state index >= 15 is 0 Å². The summed E-state index contributed by atoms with van der Waals surface area (Å²) in [5.74, 6) is 0.794. The first-order valence-corrected chi connectivity index (χ1v) is 7.87. The van der Waals surface area contributed by atoms with E-state index in [-0.39, 0.29) is 29.3 Å². The summed E-state index contributed by atoms with van der Waals surface area (Å²) >= 11 is 0. The predicted molar refractivity (Wildman–Crippen MR) is 74.2 cm³/mol. The number of nitrogens with zero attached hydrogens (tertiary/aromatic N) is 1. The number of hydrogen-bond acceptors (Lipinski definition) is 6. The van der Waals surface area contributed by atoms with Crippen LogP contribution in [0.3, 0.4) is 0 Å². The summed E-state index contributed by atoms with van der Waals surface area (Å²) in [7, 11) is -3.79. The summed E-state index contributed by atoms with van der Waals surface area (Å²) in [5.41, 5.74) is -0.991. The molecule has 8 heteroatoms. The molecular weight excluding hydrogens is 296 g/mol. The third-order valence-corrected chi connectivity index (χ3v) is 4.66. The van der Waals surface area contributed by atoms with Crippen molar-refractivity contribution in [3.63, 3.8) is 0 Å². The van der Waals surface area contributed by atoms with Crippen molar-refractivity contribution in [2.24, 2.45) is 0 Å². The number of sulfonamides is 1. The van der Waals surface area contributed by atoms with Crippen molar-refractivity contribution >= 4 is 10.0 Å². The van der Waals surface area contributed by atoms with Crippen LogP contribution < -0.4 is 4.72 Å². The Balaban J connectivity index is 2.08. The lowest BCUT2D eigenvalue weighted by Crippen LogP contribution is -2.42. The molecule has 0 aromatic carbocycles. The smallest absolute Gasteiger partial charge is 0.246 e. The van der Waals surface area contributed by atoms with Crippen molar-refractivity contribution in [3.8, 4) is 0 Å². The maximum atomic E-state index is 12.2. The highest BCUT2D eigenvalue weighted by molar-refractivity contribution is 7.89. The average molecular weight is 314 g/mol. The molecule has 0 saturated carbocycles. The highest BCUT2D eigenvalue weighted by Crippen LogP contribution is 2.19. The molecule has 1 atom stereocenters. The first kappa shape index (κ1) is 15.7. The van der Waals surface area contributed by atoms with Crippen molar-refractivity contribution in [1.29, 1.82) is 0 Å². The quantitative estimate of drug-likeness (QED) is 0.828. The van der Waals surface area contributed by atoms with E-state index in [0.29, 0.717) is 5.76 Å². The molecule has 0 saturated heterocycles. The van der Waals surface area contributed by atoms with Crippen LogP contribution in [0.5, 0.6) is 0 Å². The lowest BCUT2D eigenvalue weighted by Gasteiger charge is -2.22. The Morgan fingerprint density at radius 3 is 2.67 bits per heavy atom. The molecule has 0 unspecified atom stereocenters. The van der Waals surface area contributed by atoms with Crippen LogP contribution in [0, 0.1) is 13.8 Å².